The number of rotatable bonds is 5. The number of nitrogens with two attached hydrogens (primary N) is 1. The normalized spacial score (nSPS) is 29.9. The molecule has 0 spiro atoms. The van der Waals surface area contributed by atoms with Crippen molar-refractivity contribution in [3.05, 3.63) is 33.8 Å². The summed E-state index contributed by atoms with van der Waals surface area (Å²) in [5, 5.41) is 1.52. The van der Waals surface area contributed by atoms with Gasteiger partial charge in [-0.15, -0.1) is 0 Å². The summed E-state index contributed by atoms with van der Waals surface area (Å²) < 4.78 is 1.17. The highest BCUT2D eigenvalue weighted by Crippen LogP contribution is 2.38. The van der Waals surface area contributed by atoms with Gasteiger partial charge in [-0.3, -0.25) is 0 Å². The molecule has 2 aliphatic rings. The Morgan fingerprint density at radius 2 is 1.95 bits per heavy atom. The van der Waals surface area contributed by atoms with Gasteiger partial charge >= 0.3 is 0 Å². The van der Waals surface area contributed by atoms with Gasteiger partial charge < -0.3 is 10.2 Å². The number of halogens is 2. The van der Waals surface area contributed by atoms with Crippen LogP contribution in [0.5, 0.6) is 0 Å². The van der Waals surface area contributed by atoms with Gasteiger partial charge in [-0.2, -0.15) is 0 Å². The number of nitrogens with zero attached hydrogens (tertiary/aromatic N) is 1. The molecule has 0 bridgehead atoms. The highest BCUT2D eigenvalue weighted by molar-refractivity contribution is 6.35. The molecule has 0 aromatic heterocycles. The van der Waals surface area contributed by atoms with Crippen LogP contribution in [0.25, 0.3) is 0 Å². The Morgan fingerprint density at radius 1 is 1.15 bits per heavy atom. The molecular weight excluding hydrogens is 291 g/mol. The molecule has 1 heterocycles. The lowest BCUT2D eigenvalue weighted by Crippen LogP contribution is -2.47. The standard InChI is InChI=1S/C16H23Cl2N2/c17-15-4-3-14(16(18)7-15)11-20(9-12-1-2-12)6-5-13(8-19)10-20/h3-4,7,12-13H,1-2,5-6,8-11,19H2/q+1/t13-,20?/m0/s1. The first-order chi connectivity index (χ1) is 9.60. The van der Waals surface area contributed by atoms with Gasteiger partial charge in [0, 0.05) is 35.4 Å². The molecular formula is C16H23Cl2N2+. The van der Waals surface area contributed by atoms with Crippen molar-refractivity contribution in [3.8, 4) is 0 Å². The molecule has 2 nitrogen and oxygen atoms in total. The van der Waals surface area contributed by atoms with Crippen LogP contribution in [0.2, 0.25) is 10.0 Å². The maximum Gasteiger partial charge on any atom is 0.106 e. The van der Waals surface area contributed by atoms with Crippen LogP contribution in [0.15, 0.2) is 18.2 Å². The Balaban J connectivity index is 1.79. The van der Waals surface area contributed by atoms with Gasteiger partial charge in [-0.05, 0) is 25.0 Å². The number of benzene rings is 1. The van der Waals surface area contributed by atoms with E-state index in [9.17, 15) is 0 Å². The van der Waals surface area contributed by atoms with E-state index in [1.807, 2.05) is 12.1 Å². The number of likely N-dealkylation sites (tertiary alicyclic amines) is 1. The molecule has 1 unspecified atom stereocenters. The second kappa shape index (κ2) is 5.84. The molecule has 1 aliphatic carbocycles. The van der Waals surface area contributed by atoms with Gasteiger partial charge in [0.15, 0.2) is 0 Å². The van der Waals surface area contributed by atoms with Crippen LogP contribution in [0, 0.1) is 11.8 Å². The Bertz CT molecular complexity index is 487. The van der Waals surface area contributed by atoms with Crippen molar-refractivity contribution in [3.63, 3.8) is 0 Å². The minimum atomic E-state index is 0.680. The van der Waals surface area contributed by atoms with E-state index in [0.717, 1.165) is 24.0 Å². The van der Waals surface area contributed by atoms with Gasteiger partial charge in [0.25, 0.3) is 0 Å². The van der Waals surface area contributed by atoms with Crippen LogP contribution in [-0.4, -0.2) is 30.7 Å². The quantitative estimate of drug-likeness (QED) is 0.824. The number of quaternary nitrogens is 1. The van der Waals surface area contributed by atoms with Crippen LogP contribution in [0.1, 0.15) is 24.8 Å². The van der Waals surface area contributed by atoms with E-state index in [0.29, 0.717) is 10.9 Å². The van der Waals surface area contributed by atoms with E-state index in [-0.39, 0.29) is 0 Å². The van der Waals surface area contributed by atoms with Gasteiger partial charge in [-0.25, -0.2) is 0 Å². The van der Waals surface area contributed by atoms with Crippen molar-refractivity contribution < 1.29 is 4.48 Å². The van der Waals surface area contributed by atoms with Crippen molar-refractivity contribution in [2.75, 3.05) is 26.2 Å². The first kappa shape index (κ1) is 14.6. The zero-order valence-electron chi connectivity index (χ0n) is 11.8. The summed E-state index contributed by atoms with van der Waals surface area (Å²) in [5.74, 6) is 1.61. The predicted octanol–water partition coefficient (Wildman–Crippen LogP) is 3.70. The van der Waals surface area contributed by atoms with Gasteiger partial charge in [0.05, 0.1) is 24.7 Å². The van der Waals surface area contributed by atoms with Crippen LogP contribution in [0.3, 0.4) is 0 Å². The highest BCUT2D eigenvalue weighted by atomic mass is 35.5. The lowest BCUT2D eigenvalue weighted by molar-refractivity contribution is -0.932. The molecule has 2 N–H and O–H groups in total. The summed E-state index contributed by atoms with van der Waals surface area (Å²) in [4.78, 5) is 0. The van der Waals surface area contributed by atoms with Gasteiger partial charge in [0.1, 0.15) is 6.54 Å². The fourth-order valence-electron chi connectivity index (χ4n) is 3.61. The second-order valence-electron chi connectivity index (χ2n) is 6.66. The van der Waals surface area contributed by atoms with Crippen LogP contribution < -0.4 is 5.73 Å². The number of hydrogen-bond donors (Lipinski definition) is 1. The lowest BCUT2D eigenvalue weighted by Gasteiger charge is -2.35. The molecule has 2 atom stereocenters. The molecule has 0 radical (unpaired) electrons. The molecule has 2 fully saturated rings. The minimum absolute atomic E-state index is 0.680. The summed E-state index contributed by atoms with van der Waals surface area (Å²) in [5.41, 5.74) is 7.12. The second-order valence-corrected chi connectivity index (χ2v) is 7.50. The fourth-order valence-corrected chi connectivity index (χ4v) is 4.08. The molecule has 3 rings (SSSR count). The Labute approximate surface area is 131 Å². The third kappa shape index (κ3) is 3.30. The minimum Gasteiger partial charge on any atom is -0.330 e. The Hall–Kier alpha value is -0.280. The molecule has 1 saturated heterocycles. The maximum absolute atomic E-state index is 6.37. The lowest BCUT2D eigenvalue weighted by atomic mass is 10.1. The zero-order chi connectivity index (χ0) is 14.2. The molecule has 1 aliphatic heterocycles. The van der Waals surface area contributed by atoms with Crippen molar-refractivity contribution >= 4 is 23.2 Å². The topological polar surface area (TPSA) is 26.0 Å². The van der Waals surface area contributed by atoms with Crippen LogP contribution in [0.4, 0.5) is 0 Å². The third-order valence-corrected chi connectivity index (χ3v) is 5.44. The SMILES string of the molecule is NC[C@@H]1CC[N+](Cc2ccc(Cl)cc2Cl)(CC2CC2)C1. The molecule has 1 aromatic carbocycles. The van der Waals surface area contributed by atoms with Crippen molar-refractivity contribution in [1.82, 2.24) is 0 Å². The molecule has 4 heteroatoms. The van der Waals surface area contributed by atoms with E-state index in [2.05, 4.69) is 6.07 Å². The van der Waals surface area contributed by atoms with Crippen LogP contribution in [-0.2, 0) is 6.54 Å². The van der Waals surface area contributed by atoms with E-state index in [1.165, 1.54) is 48.9 Å². The summed E-state index contributed by atoms with van der Waals surface area (Å²) in [6.45, 7) is 5.61. The summed E-state index contributed by atoms with van der Waals surface area (Å²) in [6, 6.07) is 5.91. The Morgan fingerprint density at radius 3 is 2.55 bits per heavy atom. The van der Waals surface area contributed by atoms with Gasteiger partial charge in [-0.1, -0.05) is 29.3 Å². The zero-order valence-corrected chi connectivity index (χ0v) is 13.3. The third-order valence-electron chi connectivity index (χ3n) is 4.85. The van der Waals surface area contributed by atoms with Crippen molar-refractivity contribution in [2.45, 2.75) is 25.8 Å². The molecule has 1 saturated carbocycles. The first-order valence-corrected chi connectivity index (χ1v) is 8.35. The first-order valence-electron chi connectivity index (χ1n) is 7.59. The van der Waals surface area contributed by atoms with Gasteiger partial charge in [0.2, 0.25) is 0 Å². The van der Waals surface area contributed by atoms with E-state index in [1.54, 1.807) is 0 Å². The smallest absolute Gasteiger partial charge is 0.106 e. The molecule has 0 amide bonds. The van der Waals surface area contributed by atoms with E-state index < -0.39 is 0 Å². The summed E-state index contributed by atoms with van der Waals surface area (Å²) in [6.07, 6.45) is 4.07. The highest BCUT2D eigenvalue weighted by Gasteiger charge is 2.42. The monoisotopic (exact) mass is 313 g/mol. The molecule has 110 valence electrons. The van der Waals surface area contributed by atoms with E-state index >= 15 is 0 Å². The fraction of sp³-hybridized carbons (Fsp3) is 0.625. The average molecular weight is 314 g/mol. The molecule has 1 aromatic rings. The van der Waals surface area contributed by atoms with E-state index in [4.69, 9.17) is 28.9 Å². The average Bonchev–Trinajstić information content (AvgIpc) is 3.12. The van der Waals surface area contributed by atoms with Crippen LogP contribution >= 0.6 is 23.2 Å². The van der Waals surface area contributed by atoms with Crippen molar-refractivity contribution in [2.24, 2.45) is 17.6 Å². The van der Waals surface area contributed by atoms with Crippen molar-refractivity contribution in [1.29, 1.82) is 0 Å². The Kier molecular flexibility index (Phi) is 4.28. The molecule has 20 heavy (non-hydrogen) atoms. The summed E-state index contributed by atoms with van der Waals surface area (Å²) >= 11 is 12.4. The largest absolute Gasteiger partial charge is 0.330 e. The predicted molar refractivity (Wildman–Crippen MR) is 84.9 cm³/mol. The maximum atomic E-state index is 6.37. The number of hydrogen-bond acceptors (Lipinski definition) is 1. The summed E-state index contributed by atoms with van der Waals surface area (Å²) in [7, 11) is 0.